The Morgan fingerprint density at radius 3 is 2.26 bits per heavy atom. The van der Waals surface area contributed by atoms with Gasteiger partial charge < -0.3 is 10.6 Å². The van der Waals surface area contributed by atoms with Crippen LogP contribution in [0, 0.1) is 12.3 Å². The van der Waals surface area contributed by atoms with Crippen LogP contribution in [-0.2, 0) is 15.8 Å². The molecule has 0 radical (unpaired) electrons. The number of amides is 2. The first-order valence-corrected chi connectivity index (χ1v) is 7.17. The maximum atomic E-state index is 12.8. The second-order valence-electron chi connectivity index (χ2n) is 6.33. The third-order valence-corrected chi connectivity index (χ3v) is 3.15. The third kappa shape index (κ3) is 5.92. The highest BCUT2D eigenvalue weighted by molar-refractivity contribution is 5.91. The summed E-state index contributed by atoms with van der Waals surface area (Å²) in [7, 11) is 0. The summed E-state index contributed by atoms with van der Waals surface area (Å²) in [5.74, 6) is -0.656. The van der Waals surface area contributed by atoms with E-state index in [0.29, 0.717) is 0 Å². The zero-order valence-electron chi connectivity index (χ0n) is 13.6. The van der Waals surface area contributed by atoms with Gasteiger partial charge in [0.1, 0.15) is 0 Å². The van der Waals surface area contributed by atoms with Gasteiger partial charge in [-0.25, -0.2) is 0 Å². The first-order chi connectivity index (χ1) is 10.4. The van der Waals surface area contributed by atoms with Crippen LogP contribution < -0.4 is 10.6 Å². The van der Waals surface area contributed by atoms with Crippen molar-refractivity contribution in [3.8, 4) is 0 Å². The molecule has 2 amide bonds. The van der Waals surface area contributed by atoms with Crippen LogP contribution in [0.15, 0.2) is 18.2 Å². The van der Waals surface area contributed by atoms with E-state index in [9.17, 15) is 22.8 Å². The molecule has 1 rings (SSSR count). The molecule has 0 aliphatic rings. The molecule has 0 unspecified atom stereocenters. The van der Waals surface area contributed by atoms with E-state index in [0.717, 1.165) is 6.07 Å². The Morgan fingerprint density at radius 1 is 1.13 bits per heavy atom. The van der Waals surface area contributed by atoms with E-state index in [1.807, 2.05) is 0 Å². The van der Waals surface area contributed by atoms with Gasteiger partial charge in [-0.2, -0.15) is 13.2 Å². The Morgan fingerprint density at radius 2 is 1.74 bits per heavy atom. The van der Waals surface area contributed by atoms with Crippen LogP contribution in [0.1, 0.15) is 38.3 Å². The first kappa shape index (κ1) is 19.0. The summed E-state index contributed by atoms with van der Waals surface area (Å²) in [6.45, 7) is 6.71. The highest BCUT2D eigenvalue weighted by atomic mass is 19.4. The fourth-order valence-electron chi connectivity index (χ4n) is 1.78. The van der Waals surface area contributed by atoms with Crippen LogP contribution in [0.4, 0.5) is 18.9 Å². The van der Waals surface area contributed by atoms with Crippen LogP contribution >= 0.6 is 0 Å². The van der Waals surface area contributed by atoms with E-state index < -0.39 is 23.1 Å². The van der Waals surface area contributed by atoms with Crippen molar-refractivity contribution in [2.45, 2.75) is 40.3 Å². The van der Waals surface area contributed by atoms with E-state index in [4.69, 9.17) is 0 Å². The molecule has 1 aromatic carbocycles. The van der Waals surface area contributed by atoms with Crippen molar-refractivity contribution in [3.63, 3.8) is 0 Å². The van der Waals surface area contributed by atoms with E-state index >= 15 is 0 Å². The van der Waals surface area contributed by atoms with Gasteiger partial charge in [0.15, 0.2) is 0 Å². The Bertz CT molecular complexity index is 590. The number of alkyl halides is 3. The molecule has 128 valence electrons. The smallest absolute Gasteiger partial charge is 0.355 e. The number of nitrogens with one attached hydrogen (secondary N) is 2. The van der Waals surface area contributed by atoms with Gasteiger partial charge in [-0.05, 0) is 24.6 Å². The summed E-state index contributed by atoms with van der Waals surface area (Å²) < 4.78 is 38.4. The second-order valence-corrected chi connectivity index (χ2v) is 6.33. The van der Waals surface area contributed by atoms with Crippen molar-refractivity contribution in [2.75, 3.05) is 11.9 Å². The molecule has 1 aromatic rings. The molecule has 0 bridgehead atoms. The predicted octanol–water partition coefficient (Wildman–Crippen LogP) is 3.50. The molecule has 0 saturated heterocycles. The Hall–Kier alpha value is -2.05. The lowest BCUT2D eigenvalue weighted by molar-refractivity contribution is -0.138. The number of carbonyl (C=O) groups excluding carboxylic acids is 2. The van der Waals surface area contributed by atoms with Gasteiger partial charge in [0.05, 0.1) is 5.56 Å². The fourth-order valence-corrected chi connectivity index (χ4v) is 1.78. The van der Waals surface area contributed by atoms with Crippen molar-refractivity contribution in [3.05, 3.63) is 29.3 Å². The number of carbonyl (C=O) groups is 2. The van der Waals surface area contributed by atoms with Crippen LogP contribution in [0.2, 0.25) is 0 Å². The first-order valence-electron chi connectivity index (χ1n) is 7.17. The van der Waals surface area contributed by atoms with Gasteiger partial charge in [0.25, 0.3) is 0 Å². The Labute approximate surface area is 133 Å². The number of rotatable bonds is 4. The minimum absolute atomic E-state index is 0.0168. The van der Waals surface area contributed by atoms with E-state index in [2.05, 4.69) is 10.6 Å². The van der Waals surface area contributed by atoms with Crippen LogP contribution in [0.3, 0.4) is 0 Å². The highest BCUT2D eigenvalue weighted by Crippen LogP contribution is 2.33. The van der Waals surface area contributed by atoms with Crippen molar-refractivity contribution < 1.29 is 22.8 Å². The van der Waals surface area contributed by atoms with E-state index in [1.54, 1.807) is 20.8 Å². The zero-order valence-corrected chi connectivity index (χ0v) is 13.6. The SMILES string of the molecule is Cc1ccc(NC(=O)CCNC(=O)C(C)(C)C)cc1C(F)(F)F. The molecule has 0 aliphatic carbocycles. The molecule has 0 aliphatic heterocycles. The topological polar surface area (TPSA) is 58.2 Å². The lowest BCUT2D eigenvalue weighted by Gasteiger charge is -2.17. The number of hydrogen-bond acceptors (Lipinski definition) is 2. The Kier molecular flexibility index (Phi) is 5.80. The Balaban J connectivity index is 2.60. The summed E-state index contributed by atoms with van der Waals surface area (Å²) in [4.78, 5) is 23.4. The van der Waals surface area contributed by atoms with Gasteiger partial charge in [0, 0.05) is 24.1 Å². The third-order valence-electron chi connectivity index (χ3n) is 3.15. The average Bonchev–Trinajstić information content (AvgIpc) is 2.38. The van der Waals surface area contributed by atoms with Crippen LogP contribution in [0.25, 0.3) is 0 Å². The molecule has 0 fully saturated rings. The summed E-state index contributed by atoms with van der Waals surface area (Å²) >= 11 is 0. The van der Waals surface area contributed by atoms with E-state index in [-0.39, 0.29) is 30.1 Å². The number of aryl methyl sites for hydroxylation is 1. The fraction of sp³-hybridized carbons (Fsp3) is 0.500. The summed E-state index contributed by atoms with van der Waals surface area (Å²) in [5, 5.41) is 5.01. The van der Waals surface area contributed by atoms with Gasteiger partial charge in [-0.3, -0.25) is 9.59 Å². The number of halogens is 3. The molecule has 0 atom stereocenters. The largest absolute Gasteiger partial charge is 0.416 e. The highest BCUT2D eigenvalue weighted by Gasteiger charge is 2.32. The summed E-state index contributed by atoms with van der Waals surface area (Å²) in [6, 6.07) is 3.62. The molecule has 0 saturated carbocycles. The maximum absolute atomic E-state index is 12.8. The van der Waals surface area contributed by atoms with Crippen molar-refractivity contribution in [2.24, 2.45) is 5.41 Å². The minimum Gasteiger partial charge on any atom is -0.355 e. The lowest BCUT2D eigenvalue weighted by Crippen LogP contribution is -2.36. The minimum atomic E-state index is -4.47. The monoisotopic (exact) mass is 330 g/mol. The molecule has 0 aromatic heterocycles. The quantitative estimate of drug-likeness (QED) is 0.888. The molecule has 0 heterocycles. The molecule has 4 nitrogen and oxygen atoms in total. The van der Waals surface area contributed by atoms with Crippen molar-refractivity contribution >= 4 is 17.5 Å². The number of hydrogen-bond donors (Lipinski definition) is 2. The maximum Gasteiger partial charge on any atom is 0.416 e. The van der Waals surface area contributed by atoms with Gasteiger partial charge in [-0.1, -0.05) is 26.8 Å². The lowest BCUT2D eigenvalue weighted by atomic mass is 9.96. The molecular formula is C16H21F3N2O2. The number of benzene rings is 1. The summed E-state index contributed by atoms with van der Waals surface area (Å²) in [5.41, 5.74) is -1.17. The second kappa shape index (κ2) is 7.02. The van der Waals surface area contributed by atoms with Crippen LogP contribution in [-0.4, -0.2) is 18.4 Å². The molecular weight excluding hydrogens is 309 g/mol. The molecule has 7 heteroatoms. The van der Waals surface area contributed by atoms with Crippen molar-refractivity contribution in [1.82, 2.24) is 5.32 Å². The normalized spacial score (nSPS) is 12.0. The summed E-state index contributed by atoms with van der Waals surface area (Å²) in [6.07, 6.45) is -4.48. The van der Waals surface area contributed by atoms with Crippen LogP contribution in [0.5, 0.6) is 0 Å². The molecule has 0 spiro atoms. The van der Waals surface area contributed by atoms with Gasteiger partial charge in [-0.15, -0.1) is 0 Å². The predicted molar refractivity (Wildman–Crippen MR) is 81.9 cm³/mol. The van der Waals surface area contributed by atoms with E-state index in [1.165, 1.54) is 19.1 Å². The molecule has 2 N–H and O–H groups in total. The molecule has 23 heavy (non-hydrogen) atoms. The average molecular weight is 330 g/mol. The van der Waals surface area contributed by atoms with Crippen molar-refractivity contribution in [1.29, 1.82) is 0 Å². The van der Waals surface area contributed by atoms with Gasteiger partial charge in [0.2, 0.25) is 11.8 Å². The van der Waals surface area contributed by atoms with Gasteiger partial charge >= 0.3 is 6.18 Å². The number of anilines is 1. The zero-order chi connectivity index (χ0) is 17.8. The standard InChI is InChI=1S/C16H21F3N2O2/c1-10-5-6-11(9-12(10)16(17,18)19)21-13(22)7-8-20-14(23)15(2,3)4/h5-6,9H,7-8H2,1-4H3,(H,20,23)(H,21,22).